The number of aromatic nitrogens is 2. The van der Waals surface area contributed by atoms with Crippen LogP contribution < -0.4 is 15.9 Å². The fourth-order valence-electron chi connectivity index (χ4n) is 4.81. The number of imidazole rings is 1. The molecule has 1 aromatic heterocycles. The number of rotatable bonds is 9. The van der Waals surface area contributed by atoms with Gasteiger partial charge < -0.3 is 25.4 Å². The van der Waals surface area contributed by atoms with E-state index in [-0.39, 0.29) is 42.2 Å². The quantitative estimate of drug-likeness (QED) is 0.318. The molecule has 4 rings (SSSR count). The first kappa shape index (κ1) is 27.1. The molecule has 1 aliphatic rings. The number of methoxy groups -OCH3 is 2. The molecule has 3 N–H and O–H groups in total. The first-order valence-electron chi connectivity index (χ1n) is 12.6. The van der Waals surface area contributed by atoms with Gasteiger partial charge in [0.15, 0.2) is 5.69 Å². The second kappa shape index (κ2) is 12.1. The van der Waals surface area contributed by atoms with Gasteiger partial charge in [0.05, 0.1) is 25.4 Å². The molecule has 2 aromatic carbocycles. The van der Waals surface area contributed by atoms with Crippen molar-refractivity contribution < 1.29 is 28.2 Å². The van der Waals surface area contributed by atoms with Gasteiger partial charge in [0, 0.05) is 25.1 Å². The van der Waals surface area contributed by atoms with Crippen LogP contribution in [0.3, 0.4) is 0 Å². The second-order valence-corrected chi connectivity index (χ2v) is 9.19. The number of nitrogens with one attached hydrogen (secondary N) is 1. The molecule has 0 radical (unpaired) electrons. The van der Waals surface area contributed by atoms with E-state index in [2.05, 4.69) is 5.32 Å². The minimum Gasteiger partial charge on any atom is -0.496 e. The Bertz CT molecular complexity index is 1280. The van der Waals surface area contributed by atoms with Crippen LogP contribution in [0.1, 0.15) is 70.8 Å². The smallest absolute Gasteiger partial charge is 0.359 e. The number of amides is 1. The number of carbonyl (C=O) groups is 2. The highest BCUT2D eigenvalue weighted by Crippen LogP contribution is 2.35. The molecular weight excluding hydrogens is 491 g/mol. The Hall–Kier alpha value is -3.92. The molecule has 0 atom stereocenters. The number of carbonyl (C=O) groups excluding carboxylic acids is 2. The van der Waals surface area contributed by atoms with Crippen molar-refractivity contribution in [2.45, 2.75) is 51.2 Å². The minimum atomic E-state index is -0.533. The van der Waals surface area contributed by atoms with Gasteiger partial charge in [-0.2, -0.15) is 0 Å². The molecule has 1 aliphatic carbocycles. The summed E-state index contributed by atoms with van der Waals surface area (Å²) in [7, 11) is 3.14. The molecule has 0 bridgehead atoms. The predicted octanol–water partition coefficient (Wildman–Crippen LogP) is 4.19. The van der Waals surface area contributed by atoms with E-state index in [4.69, 9.17) is 25.0 Å². The molecule has 3 aromatic rings. The number of ether oxygens (including phenoxy) is 3. The van der Waals surface area contributed by atoms with Gasteiger partial charge >= 0.3 is 5.97 Å². The van der Waals surface area contributed by atoms with Gasteiger partial charge in [-0.05, 0) is 56.4 Å². The third-order valence-electron chi connectivity index (χ3n) is 6.87. The number of nitrogen functional groups attached to an aromatic ring is 1. The summed E-state index contributed by atoms with van der Waals surface area (Å²) >= 11 is 0. The van der Waals surface area contributed by atoms with Crippen LogP contribution >= 0.6 is 0 Å². The molecule has 9 nitrogen and oxygen atoms in total. The van der Waals surface area contributed by atoms with Gasteiger partial charge in [-0.25, -0.2) is 18.8 Å². The lowest BCUT2D eigenvalue weighted by Crippen LogP contribution is -2.25. The van der Waals surface area contributed by atoms with Gasteiger partial charge in [0.25, 0.3) is 5.91 Å². The summed E-state index contributed by atoms with van der Waals surface area (Å²) in [6.45, 7) is 2.17. The lowest BCUT2D eigenvalue weighted by Gasteiger charge is -2.27. The third-order valence-corrected chi connectivity index (χ3v) is 6.87. The van der Waals surface area contributed by atoms with Crippen molar-refractivity contribution in [1.82, 2.24) is 15.0 Å². The first-order valence-corrected chi connectivity index (χ1v) is 12.6. The number of esters is 1. The summed E-state index contributed by atoms with van der Waals surface area (Å²) < 4.78 is 30.9. The van der Waals surface area contributed by atoms with Crippen molar-refractivity contribution >= 4 is 11.9 Å². The summed E-state index contributed by atoms with van der Waals surface area (Å²) in [5, 5.41) is 2.78. The molecule has 1 saturated carbocycles. The fourth-order valence-corrected chi connectivity index (χ4v) is 4.81. The second-order valence-electron chi connectivity index (χ2n) is 9.19. The summed E-state index contributed by atoms with van der Waals surface area (Å²) in [5.41, 5.74) is 2.28. The minimum absolute atomic E-state index is 0.114. The summed E-state index contributed by atoms with van der Waals surface area (Å²) in [6, 6.07) is 11.1. The molecule has 0 aliphatic heterocycles. The van der Waals surface area contributed by atoms with Gasteiger partial charge in [0.2, 0.25) is 0 Å². The number of halogens is 1. The van der Waals surface area contributed by atoms with Gasteiger partial charge in [-0.3, -0.25) is 4.79 Å². The normalized spacial score (nSPS) is 17.2. The zero-order valence-electron chi connectivity index (χ0n) is 21.8. The van der Waals surface area contributed by atoms with Gasteiger partial charge in [0.1, 0.15) is 23.1 Å². The number of nitrogens with two attached hydrogens (primary N) is 1. The van der Waals surface area contributed by atoms with Crippen LogP contribution in [-0.4, -0.2) is 48.5 Å². The maximum atomic E-state index is 13.6. The van der Waals surface area contributed by atoms with E-state index in [9.17, 15) is 14.0 Å². The van der Waals surface area contributed by atoms with Crippen molar-refractivity contribution in [1.29, 1.82) is 0 Å². The number of nitrogens with zero attached hydrogens (tertiary/aromatic N) is 2. The van der Waals surface area contributed by atoms with Crippen LogP contribution in [0.15, 0.2) is 42.5 Å². The molecule has 10 heteroatoms. The van der Waals surface area contributed by atoms with Crippen molar-refractivity contribution in [3.05, 3.63) is 70.9 Å². The maximum absolute atomic E-state index is 13.6. The lowest BCUT2D eigenvalue weighted by atomic mass is 9.87. The van der Waals surface area contributed by atoms with Crippen molar-refractivity contribution in [3.8, 4) is 17.0 Å². The van der Waals surface area contributed by atoms with E-state index in [1.807, 2.05) is 24.3 Å². The van der Waals surface area contributed by atoms with E-state index >= 15 is 0 Å². The van der Waals surface area contributed by atoms with Crippen LogP contribution in [0.5, 0.6) is 5.75 Å². The Balaban J connectivity index is 1.54. The standard InChI is InChI=1S/C28H33FN4O5/c1-4-38-28(35)25-24(32-26(33(25)30)19-9-12-21(36-2)13-10-19)18-7-5-17(6-8-18)16-31-27(34)22-15-20(29)11-14-23(22)37-3/h5-8,11,14-15,19,21H,4,9-10,12-13,16,30H2,1-3H3,(H,31,34). The first-order chi connectivity index (χ1) is 18.4. The number of benzene rings is 2. The van der Waals surface area contributed by atoms with Gasteiger partial charge in [-0.1, -0.05) is 24.3 Å². The summed E-state index contributed by atoms with van der Waals surface area (Å²) in [5.74, 6) is 5.95. The lowest BCUT2D eigenvalue weighted by molar-refractivity contribution is 0.0515. The van der Waals surface area contributed by atoms with Gasteiger partial charge in [-0.15, -0.1) is 0 Å². The molecule has 1 amide bonds. The predicted molar refractivity (Wildman–Crippen MR) is 140 cm³/mol. The Labute approximate surface area is 221 Å². The fraction of sp³-hybridized carbons (Fsp3) is 0.393. The maximum Gasteiger partial charge on any atom is 0.359 e. The Morgan fingerprint density at radius 2 is 1.82 bits per heavy atom. The topological polar surface area (TPSA) is 118 Å². The zero-order chi connectivity index (χ0) is 27.2. The molecule has 0 saturated heterocycles. The Morgan fingerprint density at radius 3 is 2.45 bits per heavy atom. The van der Waals surface area contributed by atoms with E-state index < -0.39 is 17.7 Å². The van der Waals surface area contributed by atoms with Crippen LogP contribution in [-0.2, 0) is 16.0 Å². The average Bonchev–Trinajstić information content (AvgIpc) is 3.29. The van der Waals surface area contributed by atoms with E-state index in [0.717, 1.165) is 37.3 Å². The number of hydrogen-bond donors (Lipinski definition) is 2. The highest BCUT2D eigenvalue weighted by molar-refractivity contribution is 5.97. The van der Waals surface area contributed by atoms with Crippen LogP contribution in [0.2, 0.25) is 0 Å². The molecule has 1 fully saturated rings. The number of hydrogen-bond acceptors (Lipinski definition) is 7. The summed E-state index contributed by atoms with van der Waals surface area (Å²) in [6.07, 6.45) is 3.76. The van der Waals surface area contributed by atoms with Crippen LogP contribution in [0.25, 0.3) is 11.3 Å². The summed E-state index contributed by atoms with van der Waals surface area (Å²) in [4.78, 5) is 30.3. The van der Waals surface area contributed by atoms with Crippen LogP contribution in [0, 0.1) is 5.82 Å². The third kappa shape index (κ3) is 5.80. The van der Waals surface area contributed by atoms with E-state index in [1.165, 1.54) is 23.9 Å². The Morgan fingerprint density at radius 1 is 1.11 bits per heavy atom. The zero-order valence-corrected chi connectivity index (χ0v) is 21.8. The molecule has 0 unspecified atom stereocenters. The molecule has 0 spiro atoms. The van der Waals surface area contributed by atoms with E-state index in [1.54, 1.807) is 14.0 Å². The Kier molecular flexibility index (Phi) is 8.62. The highest BCUT2D eigenvalue weighted by atomic mass is 19.1. The van der Waals surface area contributed by atoms with E-state index in [0.29, 0.717) is 17.1 Å². The van der Waals surface area contributed by atoms with Crippen molar-refractivity contribution in [3.63, 3.8) is 0 Å². The van der Waals surface area contributed by atoms with Crippen molar-refractivity contribution in [2.24, 2.45) is 0 Å². The average molecular weight is 525 g/mol. The molecular formula is C28H33FN4O5. The largest absolute Gasteiger partial charge is 0.496 e. The van der Waals surface area contributed by atoms with Crippen LogP contribution in [0.4, 0.5) is 4.39 Å². The highest BCUT2D eigenvalue weighted by Gasteiger charge is 2.31. The molecule has 1 heterocycles. The molecule has 202 valence electrons. The SMILES string of the molecule is CCOC(=O)c1c(-c2ccc(CNC(=O)c3cc(F)ccc3OC)cc2)nc(C2CCC(OC)CC2)n1N. The monoisotopic (exact) mass is 524 g/mol. The van der Waals surface area contributed by atoms with Crippen molar-refractivity contribution in [2.75, 3.05) is 26.7 Å². The molecule has 38 heavy (non-hydrogen) atoms.